The van der Waals surface area contributed by atoms with E-state index in [1.807, 2.05) is 12.3 Å². The molecule has 0 atom stereocenters. The molecule has 0 fully saturated rings. The van der Waals surface area contributed by atoms with E-state index in [1.54, 1.807) is 6.07 Å². The molecule has 1 aromatic heterocycles. The molecule has 0 radical (unpaired) electrons. The average molecular weight is 232 g/mol. The van der Waals surface area contributed by atoms with Crippen LogP contribution in [0, 0.1) is 10.1 Å². The summed E-state index contributed by atoms with van der Waals surface area (Å²) in [5.41, 5.74) is 1.98. The number of H-pyrrole nitrogens is 1. The van der Waals surface area contributed by atoms with Crippen LogP contribution >= 0.6 is 0 Å². The molecule has 2 rings (SSSR count). The van der Waals surface area contributed by atoms with Crippen LogP contribution in [0.4, 0.5) is 5.69 Å². The first-order valence-corrected chi connectivity index (χ1v) is 5.97. The van der Waals surface area contributed by atoms with Gasteiger partial charge >= 0.3 is 0 Å². The standard InChI is InChI=1S/C13H16N2O2/c1-2-3-4-6-10-9-14-13-11(10)7-5-8-12(13)15(16)17/h5,7-9,14H,2-4,6H2,1H3. The molecule has 1 N–H and O–H groups in total. The Morgan fingerprint density at radius 2 is 2.18 bits per heavy atom. The lowest BCUT2D eigenvalue weighted by atomic mass is 10.1. The van der Waals surface area contributed by atoms with E-state index in [0.717, 1.165) is 18.2 Å². The minimum absolute atomic E-state index is 0.157. The number of nitro benzene ring substituents is 1. The van der Waals surface area contributed by atoms with Crippen molar-refractivity contribution in [2.24, 2.45) is 0 Å². The summed E-state index contributed by atoms with van der Waals surface area (Å²) < 4.78 is 0. The van der Waals surface area contributed by atoms with Crippen molar-refractivity contribution >= 4 is 16.6 Å². The molecule has 4 nitrogen and oxygen atoms in total. The second kappa shape index (κ2) is 4.99. The fourth-order valence-corrected chi connectivity index (χ4v) is 2.12. The number of unbranched alkanes of at least 4 members (excludes halogenated alkanes) is 2. The second-order valence-electron chi connectivity index (χ2n) is 4.23. The molecule has 17 heavy (non-hydrogen) atoms. The van der Waals surface area contributed by atoms with Gasteiger partial charge in [0.15, 0.2) is 0 Å². The van der Waals surface area contributed by atoms with E-state index in [-0.39, 0.29) is 10.6 Å². The highest BCUT2D eigenvalue weighted by Gasteiger charge is 2.14. The summed E-state index contributed by atoms with van der Waals surface area (Å²) in [7, 11) is 0. The van der Waals surface area contributed by atoms with Crippen LogP contribution in [0.2, 0.25) is 0 Å². The topological polar surface area (TPSA) is 58.9 Å². The predicted octanol–water partition coefficient (Wildman–Crippen LogP) is 3.81. The van der Waals surface area contributed by atoms with Crippen molar-refractivity contribution in [2.45, 2.75) is 32.6 Å². The summed E-state index contributed by atoms with van der Waals surface area (Å²) >= 11 is 0. The average Bonchev–Trinajstić information content (AvgIpc) is 2.72. The van der Waals surface area contributed by atoms with E-state index in [0.29, 0.717) is 5.52 Å². The predicted molar refractivity (Wildman–Crippen MR) is 68.2 cm³/mol. The van der Waals surface area contributed by atoms with Gasteiger partial charge in [-0.05, 0) is 18.4 Å². The Kier molecular flexibility index (Phi) is 3.42. The van der Waals surface area contributed by atoms with Crippen LogP contribution in [-0.2, 0) is 6.42 Å². The Hall–Kier alpha value is -1.84. The van der Waals surface area contributed by atoms with Crippen molar-refractivity contribution in [2.75, 3.05) is 0 Å². The number of para-hydroxylation sites is 1. The molecule has 0 bridgehead atoms. The summed E-state index contributed by atoms with van der Waals surface area (Å²) in [6.45, 7) is 2.17. The number of nitro groups is 1. The monoisotopic (exact) mass is 232 g/mol. The highest BCUT2D eigenvalue weighted by Crippen LogP contribution is 2.27. The first kappa shape index (κ1) is 11.6. The van der Waals surface area contributed by atoms with Crippen molar-refractivity contribution in [3.05, 3.63) is 40.1 Å². The number of aryl methyl sites for hydroxylation is 1. The number of benzene rings is 1. The van der Waals surface area contributed by atoms with Crippen molar-refractivity contribution < 1.29 is 4.92 Å². The zero-order chi connectivity index (χ0) is 12.3. The van der Waals surface area contributed by atoms with E-state index in [4.69, 9.17) is 0 Å². The lowest BCUT2D eigenvalue weighted by molar-refractivity contribution is -0.383. The maximum atomic E-state index is 10.9. The highest BCUT2D eigenvalue weighted by atomic mass is 16.6. The first-order valence-electron chi connectivity index (χ1n) is 5.97. The van der Waals surface area contributed by atoms with Gasteiger partial charge in [0, 0.05) is 17.6 Å². The summed E-state index contributed by atoms with van der Waals surface area (Å²) in [4.78, 5) is 13.6. The molecule has 4 heteroatoms. The fourth-order valence-electron chi connectivity index (χ4n) is 2.12. The highest BCUT2D eigenvalue weighted by molar-refractivity contribution is 5.90. The molecule has 90 valence electrons. The van der Waals surface area contributed by atoms with E-state index in [1.165, 1.54) is 24.5 Å². The van der Waals surface area contributed by atoms with Gasteiger partial charge in [0.2, 0.25) is 0 Å². The van der Waals surface area contributed by atoms with E-state index in [2.05, 4.69) is 11.9 Å². The number of non-ortho nitro benzene ring substituents is 1. The smallest absolute Gasteiger partial charge is 0.293 e. The molecule has 0 amide bonds. The molecule has 0 aliphatic carbocycles. The van der Waals surface area contributed by atoms with Crippen LogP contribution in [0.25, 0.3) is 10.9 Å². The van der Waals surface area contributed by atoms with Crippen LogP contribution in [-0.4, -0.2) is 9.91 Å². The fraction of sp³-hybridized carbons (Fsp3) is 0.385. The molecule has 0 spiro atoms. The Morgan fingerprint density at radius 3 is 2.88 bits per heavy atom. The zero-order valence-electron chi connectivity index (χ0n) is 9.90. The Bertz CT molecular complexity index is 531. The summed E-state index contributed by atoms with van der Waals surface area (Å²) in [6.07, 6.45) is 6.39. The van der Waals surface area contributed by atoms with Gasteiger partial charge < -0.3 is 4.98 Å². The molecule has 0 unspecified atom stereocenters. The molecule has 0 aliphatic rings. The molecule has 2 aromatic rings. The van der Waals surface area contributed by atoms with E-state index >= 15 is 0 Å². The number of nitrogens with zero attached hydrogens (tertiary/aromatic N) is 1. The number of rotatable bonds is 5. The Morgan fingerprint density at radius 1 is 1.35 bits per heavy atom. The number of aromatic amines is 1. The zero-order valence-corrected chi connectivity index (χ0v) is 9.90. The Labute approximate surface area is 99.8 Å². The number of fused-ring (bicyclic) bond motifs is 1. The molecule has 1 heterocycles. The maximum Gasteiger partial charge on any atom is 0.293 e. The van der Waals surface area contributed by atoms with Gasteiger partial charge in [-0.3, -0.25) is 10.1 Å². The summed E-state index contributed by atoms with van der Waals surface area (Å²) in [6, 6.07) is 5.23. The summed E-state index contributed by atoms with van der Waals surface area (Å²) in [5.74, 6) is 0. The van der Waals surface area contributed by atoms with E-state index < -0.39 is 0 Å². The third-order valence-electron chi connectivity index (χ3n) is 3.03. The molecule has 0 saturated carbocycles. The minimum Gasteiger partial charge on any atom is -0.355 e. The maximum absolute atomic E-state index is 10.9. The van der Waals surface area contributed by atoms with Gasteiger partial charge in [0.1, 0.15) is 5.52 Å². The van der Waals surface area contributed by atoms with Crippen LogP contribution in [0.3, 0.4) is 0 Å². The third kappa shape index (κ3) is 2.30. The van der Waals surface area contributed by atoms with Crippen LogP contribution in [0.15, 0.2) is 24.4 Å². The van der Waals surface area contributed by atoms with Crippen LogP contribution < -0.4 is 0 Å². The molecule has 0 saturated heterocycles. The van der Waals surface area contributed by atoms with Gasteiger partial charge in [0.25, 0.3) is 5.69 Å². The van der Waals surface area contributed by atoms with Crippen molar-refractivity contribution in [1.82, 2.24) is 4.98 Å². The quantitative estimate of drug-likeness (QED) is 0.484. The number of hydrogen-bond donors (Lipinski definition) is 1. The lowest BCUT2D eigenvalue weighted by Gasteiger charge is -1.98. The molecular formula is C13H16N2O2. The summed E-state index contributed by atoms with van der Waals surface area (Å²) in [5, 5.41) is 11.9. The largest absolute Gasteiger partial charge is 0.355 e. The lowest BCUT2D eigenvalue weighted by Crippen LogP contribution is -1.89. The molecule has 0 aliphatic heterocycles. The number of hydrogen-bond acceptors (Lipinski definition) is 2. The van der Waals surface area contributed by atoms with Crippen molar-refractivity contribution in [3.63, 3.8) is 0 Å². The van der Waals surface area contributed by atoms with Gasteiger partial charge in [-0.1, -0.05) is 31.9 Å². The molecular weight excluding hydrogens is 216 g/mol. The van der Waals surface area contributed by atoms with Gasteiger partial charge in [-0.15, -0.1) is 0 Å². The Balaban J connectivity index is 2.34. The van der Waals surface area contributed by atoms with Crippen molar-refractivity contribution in [3.8, 4) is 0 Å². The van der Waals surface area contributed by atoms with Gasteiger partial charge in [-0.25, -0.2) is 0 Å². The second-order valence-corrected chi connectivity index (χ2v) is 4.23. The van der Waals surface area contributed by atoms with Crippen molar-refractivity contribution in [1.29, 1.82) is 0 Å². The number of nitrogens with one attached hydrogen (secondary N) is 1. The first-order chi connectivity index (χ1) is 8.24. The number of aromatic nitrogens is 1. The van der Waals surface area contributed by atoms with Crippen LogP contribution in [0.1, 0.15) is 31.7 Å². The van der Waals surface area contributed by atoms with Gasteiger partial charge in [0.05, 0.1) is 4.92 Å². The van der Waals surface area contributed by atoms with Crippen LogP contribution in [0.5, 0.6) is 0 Å². The SMILES string of the molecule is CCCCCc1c[nH]c2c([N+](=O)[O-])cccc12. The molecule has 1 aromatic carbocycles. The minimum atomic E-state index is -0.339. The normalized spacial score (nSPS) is 10.9. The van der Waals surface area contributed by atoms with Gasteiger partial charge in [-0.2, -0.15) is 0 Å². The third-order valence-corrected chi connectivity index (χ3v) is 3.03. The van der Waals surface area contributed by atoms with E-state index in [9.17, 15) is 10.1 Å².